The summed E-state index contributed by atoms with van der Waals surface area (Å²) in [5.41, 5.74) is 0. The number of quaternary nitrogens is 1. The highest BCUT2D eigenvalue weighted by Crippen LogP contribution is 2.15. The fraction of sp³-hybridized carbons (Fsp3) is 1.00. The van der Waals surface area contributed by atoms with Crippen LogP contribution in [-0.4, -0.2) is 30.7 Å². The maximum atomic E-state index is 2.34. The largest absolute Gasteiger partial charge is 1.00 e. The fourth-order valence-electron chi connectivity index (χ4n) is 3.14. The van der Waals surface area contributed by atoms with Gasteiger partial charge < -0.3 is 21.5 Å². The second kappa shape index (κ2) is 13.9. The van der Waals surface area contributed by atoms with Gasteiger partial charge in [0, 0.05) is 0 Å². The molecule has 0 aromatic carbocycles. The molecule has 0 aliphatic carbocycles. The van der Waals surface area contributed by atoms with Gasteiger partial charge in [-0.15, -0.1) is 0 Å². The van der Waals surface area contributed by atoms with E-state index >= 15 is 0 Å². The minimum atomic E-state index is 0. The van der Waals surface area contributed by atoms with Crippen LogP contribution in [0.4, 0.5) is 0 Å². The SMILES string of the molecule is CCCCCCC[N+](CCC)(CCC)CCC.[Br-]. The van der Waals surface area contributed by atoms with E-state index in [9.17, 15) is 0 Å². The Morgan fingerprint density at radius 1 is 0.500 bits per heavy atom. The Bertz CT molecular complexity index is 142. The first-order valence-electron chi connectivity index (χ1n) is 8.09. The first kappa shape index (κ1) is 20.8. The van der Waals surface area contributed by atoms with Gasteiger partial charge in [-0.05, 0) is 32.1 Å². The van der Waals surface area contributed by atoms with Crippen molar-refractivity contribution in [3.05, 3.63) is 0 Å². The Kier molecular flexibility index (Phi) is 16.0. The van der Waals surface area contributed by atoms with E-state index in [4.69, 9.17) is 0 Å². The van der Waals surface area contributed by atoms with Crippen LogP contribution in [0, 0.1) is 0 Å². The van der Waals surface area contributed by atoms with E-state index in [0.29, 0.717) is 0 Å². The Morgan fingerprint density at radius 3 is 1.33 bits per heavy atom. The lowest BCUT2D eigenvalue weighted by Crippen LogP contribution is -3.00. The van der Waals surface area contributed by atoms with E-state index in [-0.39, 0.29) is 17.0 Å². The molecule has 0 heterocycles. The van der Waals surface area contributed by atoms with E-state index in [1.807, 2.05) is 0 Å². The van der Waals surface area contributed by atoms with E-state index in [1.54, 1.807) is 0 Å². The van der Waals surface area contributed by atoms with Crippen LogP contribution in [-0.2, 0) is 0 Å². The molecule has 0 aromatic heterocycles. The smallest absolute Gasteiger partial charge is 0.0786 e. The lowest BCUT2D eigenvalue weighted by Gasteiger charge is -2.38. The van der Waals surface area contributed by atoms with Crippen LogP contribution < -0.4 is 17.0 Å². The third-order valence-corrected chi connectivity index (χ3v) is 3.83. The zero-order chi connectivity index (χ0) is 13.0. The standard InChI is InChI=1S/C16H36N.BrH/c1-5-9-10-11-12-16-17(13-6-2,14-7-3)15-8-4;/h5-16H2,1-4H3;1H/q+1;/p-1. The van der Waals surface area contributed by atoms with E-state index in [2.05, 4.69) is 27.7 Å². The van der Waals surface area contributed by atoms with Crippen molar-refractivity contribution in [2.45, 2.75) is 79.1 Å². The first-order chi connectivity index (χ1) is 8.24. The first-order valence-corrected chi connectivity index (χ1v) is 8.09. The molecular formula is C16H36BrN. The summed E-state index contributed by atoms with van der Waals surface area (Å²) in [7, 11) is 0. The number of halogens is 1. The molecule has 0 atom stereocenters. The number of unbranched alkanes of at least 4 members (excludes halogenated alkanes) is 4. The highest BCUT2D eigenvalue weighted by molar-refractivity contribution is 4.48. The summed E-state index contributed by atoms with van der Waals surface area (Å²) in [6, 6.07) is 0. The van der Waals surface area contributed by atoms with Gasteiger partial charge in [0.25, 0.3) is 0 Å². The predicted octanol–water partition coefficient (Wildman–Crippen LogP) is 2.01. The van der Waals surface area contributed by atoms with Crippen molar-refractivity contribution in [3.63, 3.8) is 0 Å². The van der Waals surface area contributed by atoms with Gasteiger partial charge in [0.15, 0.2) is 0 Å². The van der Waals surface area contributed by atoms with Gasteiger partial charge in [0.05, 0.1) is 26.2 Å². The summed E-state index contributed by atoms with van der Waals surface area (Å²) in [4.78, 5) is 0. The molecule has 0 saturated carbocycles. The highest BCUT2D eigenvalue weighted by atomic mass is 79.9. The average Bonchev–Trinajstić information content (AvgIpc) is 2.30. The molecule has 0 radical (unpaired) electrons. The molecule has 0 fully saturated rings. The van der Waals surface area contributed by atoms with E-state index in [0.717, 1.165) is 0 Å². The zero-order valence-corrected chi connectivity index (χ0v) is 14.9. The lowest BCUT2D eigenvalue weighted by molar-refractivity contribution is -0.928. The molecule has 0 bridgehead atoms. The minimum Gasteiger partial charge on any atom is -1.00 e. The summed E-state index contributed by atoms with van der Waals surface area (Å²) < 4.78 is 1.40. The van der Waals surface area contributed by atoms with Crippen LogP contribution in [0.3, 0.4) is 0 Å². The average molecular weight is 322 g/mol. The quantitative estimate of drug-likeness (QED) is 0.381. The summed E-state index contributed by atoms with van der Waals surface area (Å²) in [6.45, 7) is 14.9. The van der Waals surface area contributed by atoms with Gasteiger partial charge in [0.1, 0.15) is 0 Å². The molecule has 0 spiro atoms. The second-order valence-corrected chi connectivity index (χ2v) is 5.65. The Morgan fingerprint density at radius 2 is 0.944 bits per heavy atom. The Labute approximate surface area is 127 Å². The molecule has 0 N–H and O–H groups in total. The van der Waals surface area contributed by atoms with Crippen molar-refractivity contribution in [2.75, 3.05) is 26.2 Å². The molecule has 0 amide bonds. The number of nitrogens with zero attached hydrogens (tertiary/aromatic N) is 1. The second-order valence-electron chi connectivity index (χ2n) is 5.65. The van der Waals surface area contributed by atoms with Crippen molar-refractivity contribution in [3.8, 4) is 0 Å². The molecule has 0 aliphatic heterocycles. The predicted molar refractivity (Wildman–Crippen MR) is 79.4 cm³/mol. The molecule has 0 aromatic rings. The molecule has 112 valence electrons. The van der Waals surface area contributed by atoms with E-state index < -0.39 is 0 Å². The van der Waals surface area contributed by atoms with Crippen LogP contribution >= 0.6 is 0 Å². The fourth-order valence-corrected chi connectivity index (χ4v) is 3.14. The topological polar surface area (TPSA) is 0 Å². The number of rotatable bonds is 12. The molecule has 0 rings (SSSR count). The van der Waals surface area contributed by atoms with Crippen LogP contribution in [0.5, 0.6) is 0 Å². The minimum absolute atomic E-state index is 0. The molecular weight excluding hydrogens is 286 g/mol. The Balaban J connectivity index is 0. The van der Waals surface area contributed by atoms with Gasteiger partial charge in [-0.25, -0.2) is 0 Å². The maximum Gasteiger partial charge on any atom is 0.0786 e. The van der Waals surface area contributed by atoms with Gasteiger partial charge in [-0.2, -0.15) is 0 Å². The van der Waals surface area contributed by atoms with Crippen LogP contribution in [0.1, 0.15) is 79.1 Å². The van der Waals surface area contributed by atoms with Crippen molar-refractivity contribution in [2.24, 2.45) is 0 Å². The summed E-state index contributed by atoms with van der Waals surface area (Å²) in [5, 5.41) is 0. The molecule has 0 unspecified atom stereocenters. The van der Waals surface area contributed by atoms with Crippen LogP contribution in [0.15, 0.2) is 0 Å². The summed E-state index contributed by atoms with van der Waals surface area (Å²) in [6.07, 6.45) is 11.2. The van der Waals surface area contributed by atoms with Gasteiger partial charge in [-0.3, -0.25) is 0 Å². The van der Waals surface area contributed by atoms with Gasteiger partial charge in [0.2, 0.25) is 0 Å². The summed E-state index contributed by atoms with van der Waals surface area (Å²) in [5.74, 6) is 0. The van der Waals surface area contributed by atoms with E-state index in [1.165, 1.54) is 82.0 Å². The lowest BCUT2D eigenvalue weighted by atomic mass is 10.1. The Hall–Kier alpha value is 0.440. The third kappa shape index (κ3) is 9.38. The van der Waals surface area contributed by atoms with Crippen molar-refractivity contribution in [1.29, 1.82) is 0 Å². The molecule has 2 heteroatoms. The molecule has 1 nitrogen and oxygen atoms in total. The number of hydrogen-bond acceptors (Lipinski definition) is 0. The number of hydrogen-bond donors (Lipinski definition) is 0. The monoisotopic (exact) mass is 321 g/mol. The van der Waals surface area contributed by atoms with Gasteiger partial charge in [-0.1, -0.05) is 47.0 Å². The molecule has 0 aliphatic rings. The maximum absolute atomic E-state index is 2.34. The summed E-state index contributed by atoms with van der Waals surface area (Å²) >= 11 is 0. The van der Waals surface area contributed by atoms with Crippen molar-refractivity contribution in [1.82, 2.24) is 0 Å². The highest BCUT2D eigenvalue weighted by Gasteiger charge is 2.23. The third-order valence-electron chi connectivity index (χ3n) is 3.83. The zero-order valence-electron chi connectivity index (χ0n) is 13.3. The molecule has 0 saturated heterocycles. The van der Waals surface area contributed by atoms with Crippen LogP contribution in [0.25, 0.3) is 0 Å². The molecule has 18 heavy (non-hydrogen) atoms. The normalized spacial score (nSPS) is 11.3. The van der Waals surface area contributed by atoms with Crippen molar-refractivity contribution < 1.29 is 21.5 Å². The van der Waals surface area contributed by atoms with Crippen molar-refractivity contribution >= 4 is 0 Å². The van der Waals surface area contributed by atoms with Crippen LogP contribution in [0.2, 0.25) is 0 Å². The van der Waals surface area contributed by atoms with Gasteiger partial charge >= 0.3 is 0 Å².